The van der Waals surface area contributed by atoms with E-state index in [2.05, 4.69) is 34.7 Å². The van der Waals surface area contributed by atoms with Gasteiger partial charge in [0.25, 0.3) is 0 Å². The largest absolute Gasteiger partial charge is 0.497 e. The Morgan fingerprint density at radius 2 is 1.55 bits per heavy atom. The molecule has 1 N–H and O–H groups in total. The van der Waals surface area contributed by atoms with Gasteiger partial charge in [0.1, 0.15) is 17.2 Å². The summed E-state index contributed by atoms with van der Waals surface area (Å²) in [6, 6.07) is 30.5. The molecule has 5 aromatic rings. The van der Waals surface area contributed by atoms with E-state index in [0.29, 0.717) is 22.2 Å². The van der Waals surface area contributed by atoms with Gasteiger partial charge in [0.05, 0.1) is 37.6 Å². The van der Waals surface area contributed by atoms with Crippen molar-refractivity contribution in [2.45, 2.75) is 25.9 Å². The van der Waals surface area contributed by atoms with E-state index in [1.807, 2.05) is 84.9 Å². The fourth-order valence-electron chi connectivity index (χ4n) is 5.78. The highest BCUT2D eigenvalue weighted by Crippen LogP contribution is 2.44. The number of nitrogens with one attached hydrogen (secondary N) is 1. The van der Waals surface area contributed by atoms with Crippen LogP contribution in [0.2, 0.25) is 0 Å². The Hall–Kier alpha value is -5.15. The summed E-state index contributed by atoms with van der Waals surface area (Å²) in [4.78, 5) is 19.1. The summed E-state index contributed by atoms with van der Waals surface area (Å²) < 4.78 is 18.4. The van der Waals surface area contributed by atoms with Crippen LogP contribution in [0.25, 0.3) is 5.69 Å². The second kappa shape index (κ2) is 12.2. The first-order chi connectivity index (χ1) is 21.4. The number of methoxy groups -OCH3 is 2. The molecule has 1 aliphatic heterocycles. The summed E-state index contributed by atoms with van der Waals surface area (Å²) in [5.41, 5.74) is 6.33. The molecule has 1 fully saturated rings. The number of hydrogen-bond donors (Lipinski definition) is 1. The fourth-order valence-corrected chi connectivity index (χ4v) is 6.12. The lowest BCUT2D eigenvalue weighted by molar-refractivity contribution is 0.0600. The Balaban J connectivity index is 1.39. The number of thiocarbonyl (C=S) groups is 1. The maximum Gasteiger partial charge on any atom is 0.337 e. The van der Waals surface area contributed by atoms with Gasteiger partial charge in [0.2, 0.25) is 0 Å². The van der Waals surface area contributed by atoms with E-state index < -0.39 is 0 Å². The number of hydrogen-bond acceptors (Lipinski definition) is 6. The number of anilines is 1. The van der Waals surface area contributed by atoms with Crippen molar-refractivity contribution in [1.29, 1.82) is 0 Å². The molecule has 3 heterocycles. The third-order valence-corrected chi connectivity index (χ3v) is 8.14. The number of nitrogens with zero attached hydrogens (tertiary/aromatic N) is 3. The molecule has 8 nitrogen and oxygen atoms in total. The van der Waals surface area contributed by atoms with Gasteiger partial charge in [0.15, 0.2) is 5.11 Å². The van der Waals surface area contributed by atoms with Crippen molar-refractivity contribution in [2.75, 3.05) is 19.1 Å². The Morgan fingerprint density at radius 3 is 2.20 bits per heavy atom. The predicted molar refractivity (Wildman–Crippen MR) is 174 cm³/mol. The zero-order valence-electron chi connectivity index (χ0n) is 24.9. The van der Waals surface area contributed by atoms with Crippen molar-refractivity contribution < 1.29 is 19.0 Å². The third kappa shape index (κ3) is 5.49. The molecule has 0 bridgehead atoms. The molecular weight excluding hydrogens is 572 g/mol. The molecule has 2 aromatic heterocycles. The highest BCUT2D eigenvalue weighted by Gasteiger charge is 2.42. The maximum absolute atomic E-state index is 12.3. The quantitative estimate of drug-likeness (QED) is 0.147. The number of aryl methyl sites for hydroxylation is 1. The molecule has 0 unspecified atom stereocenters. The minimum Gasteiger partial charge on any atom is -0.497 e. The zero-order valence-corrected chi connectivity index (χ0v) is 25.7. The number of esters is 1. The molecular formula is C35H32N4O4S. The minimum absolute atomic E-state index is 0.200. The maximum atomic E-state index is 12.3. The van der Waals surface area contributed by atoms with Crippen molar-refractivity contribution in [3.63, 3.8) is 0 Å². The Labute approximate surface area is 261 Å². The van der Waals surface area contributed by atoms with Gasteiger partial charge < -0.3 is 29.0 Å². The van der Waals surface area contributed by atoms with Crippen LogP contribution in [0.15, 0.2) is 103 Å². The van der Waals surface area contributed by atoms with Gasteiger partial charge in [-0.25, -0.2) is 4.79 Å². The first kappa shape index (κ1) is 28.9. The number of rotatable bonds is 8. The van der Waals surface area contributed by atoms with Crippen molar-refractivity contribution in [3.8, 4) is 22.9 Å². The van der Waals surface area contributed by atoms with Gasteiger partial charge >= 0.3 is 5.97 Å². The number of carbonyl (C=O) groups is 1. The number of ether oxygens (including phenoxy) is 3. The summed E-state index contributed by atoms with van der Waals surface area (Å²) in [7, 11) is 3.03. The summed E-state index contributed by atoms with van der Waals surface area (Å²) in [6.07, 6.45) is 1.80. The smallest absolute Gasteiger partial charge is 0.337 e. The van der Waals surface area contributed by atoms with Crippen molar-refractivity contribution in [1.82, 2.24) is 14.9 Å². The molecule has 1 saturated heterocycles. The minimum atomic E-state index is -0.374. The summed E-state index contributed by atoms with van der Waals surface area (Å²) in [6.45, 7) is 4.15. The van der Waals surface area contributed by atoms with Gasteiger partial charge in [0, 0.05) is 29.0 Å². The van der Waals surface area contributed by atoms with Crippen LogP contribution in [0.4, 0.5) is 5.69 Å². The lowest BCUT2D eigenvalue weighted by Crippen LogP contribution is -2.29. The summed E-state index contributed by atoms with van der Waals surface area (Å²) >= 11 is 5.96. The summed E-state index contributed by atoms with van der Waals surface area (Å²) in [5, 5.41) is 4.14. The van der Waals surface area contributed by atoms with Crippen LogP contribution in [0.3, 0.4) is 0 Å². The fraction of sp³-hybridized carbons (Fsp3) is 0.171. The third-order valence-electron chi connectivity index (χ3n) is 7.82. The molecule has 9 heteroatoms. The topological polar surface area (TPSA) is 77.9 Å². The molecule has 222 valence electrons. The Morgan fingerprint density at radius 1 is 0.841 bits per heavy atom. The van der Waals surface area contributed by atoms with E-state index in [9.17, 15) is 4.79 Å². The van der Waals surface area contributed by atoms with E-state index in [0.717, 1.165) is 39.8 Å². The second-order valence-electron chi connectivity index (χ2n) is 10.5. The van der Waals surface area contributed by atoms with Crippen LogP contribution in [0.5, 0.6) is 17.2 Å². The van der Waals surface area contributed by atoms with Gasteiger partial charge in [-0.3, -0.25) is 4.98 Å². The molecule has 44 heavy (non-hydrogen) atoms. The lowest BCUT2D eigenvalue weighted by Gasteiger charge is -2.28. The molecule has 0 amide bonds. The monoisotopic (exact) mass is 604 g/mol. The second-order valence-corrected chi connectivity index (χ2v) is 10.9. The standard InChI is InChI=1S/C35H32N4O4S/c1-22-20-30(23(2)38(22)26-9-7-8-24(21-26)34(40)42-4)33-32(31-10-5-6-19-36-31)37-35(44)39(33)25-11-13-28(14-12-25)43-29-17-15-27(41-3)16-18-29/h5-21,32-33H,1-4H3,(H,37,44)/t32-,33-/m0/s1. The van der Waals surface area contributed by atoms with Crippen LogP contribution in [-0.2, 0) is 4.74 Å². The summed E-state index contributed by atoms with van der Waals surface area (Å²) in [5.74, 6) is 1.82. The highest BCUT2D eigenvalue weighted by molar-refractivity contribution is 7.80. The van der Waals surface area contributed by atoms with E-state index in [4.69, 9.17) is 31.4 Å². The first-order valence-corrected chi connectivity index (χ1v) is 14.6. The molecule has 2 atom stereocenters. The number of aromatic nitrogens is 2. The Bertz CT molecular complexity index is 1800. The van der Waals surface area contributed by atoms with Crippen molar-refractivity contribution >= 4 is 29.0 Å². The van der Waals surface area contributed by atoms with E-state index in [1.165, 1.54) is 7.11 Å². The van der Waals surface area contributed by atoms with Gasteiger partial charge in [-0.1, -0.05) is 12.1 Å². The van der Waals surface area contributed by atoms with Crippen LogP contribution in [-0.4, -0.2) is 34.9 Å². The van der Waals surface area contributed by atoms with Gasteiger partial charge in [-0.05, 0) is 117 Å². The van der Waals surface area contributed by atoms with Crippen LogP contribution in [0.1, 0.15) is 45.1 Å². The molecule has 0 spiro atoms. The number of benzene rings is 3. The van der Waals surface area contributed by atoms with E-state index in [1.54, 1.807) is 19.4 Å². The molecule has 6 rings (SSSR count). The van der Waals surface area contributed by atoms with Crippen LogP contribution < -0.4 is 19.7 Å². The molecule has 1 aliphatic rings. The molecule has 0 radical (unpaired) electrons. The van der Waals surface area contributed by atoms with Gasteiger partial charge in [-0.15, -0.1) is 0 Å². The predicted octanol–water partition coefficient (Wildman–Crippen LogP) is 7.25. The first-order valence-electron chi connectivity index (χ1n) is 14.2. The normalized spacial score (nSPS) is 16.0. The highest BCUT2D eigenvalue weighted by atomic mass is 32.1. The zero-order chi connectivity index (χ0) is 30.8. The van der Waals surface area contributed by atoms with E-state index in [-0.39, 0.29) is 18.1 Å². The van der Waals surface area contributed by atoms with Gasteiger partial charge in [-0.2, -0.15) is 0 Å². The molecule has 0 aliphatic carbocycles. The molecule has 0 saturated carbocycles. The average molecular weight is 605 g/mol. The SMILES string of the molecule is COC(=O)c1cccc(-n2c(C)cc([C@H]3[C@H](c4ccccn4)NC(=S)N3c3ccc(Oc4ccc(OC)cc4)cc3)c2C)c1. The Kier molecular flexibility index (Phi) is 8.04. The molecule has 3 aromatic carbocycles. The van der Waals surface area contributed by atoms with Crippen molar-refractivity contribution in [2.24, 2.45) is 0 Å². The van der Waals surface area contributed by atoms with E-state index >= 15 is 0 Å². The lowest BCUT2D eigenvalue weighted by atomic mass is 9.96. The van der Waals surface area contributed by atoms with Crippen LogP contribution >= 0.6 is 12.2 Å². The number of carbonyl (C=O) groups excluding carboxylic acids is 1. The van der Waals surface area contributed by atoms with Crippen LogP contribution in [0, 0.1) is 13.8 Å². The average Bonchev–Trinajstić information content (AvgIpc) is 3.56. The number of pyridine rings is 1. The van der Waals surface area contributed by atoms with Crippen molar-refractivity contribution in [3.05, 3.63) is 131 Å².